The zero-order chi connectivity index (χ0) is 17.4. The van der Waals surface area contributed by atoms with Gasteiger partial charge in [0.05, 0.1) is 12.1 Å². The molecule has 0 aromatic carbocycles. The maximum atomic E-state index is 12.0. The van der Waals surface area contributed by atoms with Gasteiger partial charge in [-0.2, -0.15) is 0 Å². The van der Waals surface area contributed by atoms with Gasteiger partial charge in [-0.05, 0) is 40.5 Å². The summed E-state index contributed by atoms with van der Waals surface area (Å²) >= 11 is 0. The minimum absolute atomic E-state index is 0.347. The molecule has 0 aliphatic rings. The van der Waals surface area contributed by atoms with Crippen LogP contribution in [0.2, 0.25) is 0 Å². The molecule has 0 saturated carbocycles. The van der Waals surface area contributed by atoms with E-state index in [1.807, 2.05) is 41.5 Å². The first-order valence-corrected chi connectivity index (χ1v) is 7.73. The zero-order valence-corrected chi connectivity index (χ0v) is 14.9. The zero-order valence-electron chi connectivity index (χ0n) is 14.9. The van der Waals surface area contributed by atoms with Gasteiger partial charge < -0.3 is 21.1 Å². The number of carbonyl (C=O) groups excluding carboxylic acids is 1. The quantitative estimate of drug-likeness (QED) is 0.383. The average molecular weight is 312 g/mol. The second-order valence-electron chi connectivity index (χ2n) is 6.63. The molecule has 0 aliphatic heterocycles. The number of nitrogens with one attached hydrogen (secondary N) is 2. The van der Waals surface area contributed by atoms with Gasteiger partial charge in [-0.25, -0.2) is 4.79 Å². The molecule has 0 bridgehead atoms. The largest absolute Gasteiger partial charge is 0.444 e. The molecule has 0 spiro atoms. The normalized spacial score (nSPS) is 12.7. The van der Waals surface area contributed by atoms with Crippen LogP contribution < -0.4 is 16.4 Å². The van der Waals surface area contributed by atoms with Crippen molar-refractivity contribution < 1.29 is 9.53 Å². The van der Waals surface area contributed by atoms with Crippen molar-refractivity contribution in [1.82, 2.24) is 10.6 Å². The smallest absolute Gasteiger partial charge is 0.408 e. The molecule has 128 valence electrons. The lowest BCUT2D eigenvalue weighted by Gasteiger charge is -2.32. The van der Waals surface area contributed by atoms with Crippen molar-refractivity contribution in [3.05, 3.63) is 12.2 Å². The van der Waals surface area contributed by atoms with Crippen LogP contribution in [0.5, 0.6) is 0 Å². The number of aliphatic imine (C=N–C) groups is 1. The molecule has 0 rings (SSSR count). The molecule has 0 radical (unpaired) electrons. The number of nitrogens with two attached hydrogens (primary N) is 1. The summed E-state index contributed by atoms with van der Waals surface area (Å²) in [6.07, 6.45) is 1.04. The molecular weight excluding hydrogens is 280 g/mol. The van der Waals surface area contributed by atoms with E-state index < -0.39 is 17.2 Å². The number of ether oxygens (including phenoxy) is 1. The third kappa shape index (κ3) is 8.54. The van der Waals surface area contributed by atoms with Gasteiger partial charge in [-0.1, -0.05) is 26.0 Å². The van der Waals surface area contributed by atoms with Crippen LogP contribution in [0, 0.1) is 0 Å². The molecule has 6 nitrogen and oxygen atoms in total. The van der Waals surface area contributed by atoms with Crippen LogP contribution in [0.4, 0.5) is 4.79 Å². The highest BCUT2D eigenvalue weighted by Crippen LogP contribution is 2.17. The first-order valence-electron chi connectivity index (χ1n) is 7.73. The molecular formula is C16H32N4O2. The Balaban J connectivity index is 4.77. The Bertz CT molecular complexity index is 407. The van der Waals surface area contributed by atoms with E-state index >= 15 is 0 Å². The van der Waals surface area contributed by atoms with Gasteiger partial charge in [0, 0.05) is 6.54 Å². The van der Waals surface area contributed by atoms with Gasteiger partial charge >= 0.3 is 6.09 Å². The fourth-order valence-electron chi connectivity index (χ4n) is 1.74. The van der Waals surface area contributed by atoms with E-state index in [4.69, 9.17) is 10.5 Å². The maximum Gasteiger partial charge on any atom is 0.408 e. The molecule has 0 aliphatic carbocycles. The first-order chi connectivity index (χ1) is 10.0. The van der Waals surface area contributed by atoms with Crippen molar-refractivity contribution in [3.8, 4) is 0 Å². The number of guanidine groups is 1. The predicted octanol–water partition coefficient (Wildman–Crippen LogP) is 2.55. The van der Waals surface area contributed by atoms with Crippen LogP contribution in [0.25, 0.3) is 0 Å². The highest BCUT2D eigenvalue weighted by Gasteiger charge is 2.30. The Morgan fingerprint density at radius 2 is 1.82 bits per heavy atom. The second kappa shape index (κ2) is 8.66. The van der Waals surface area contributed by atoms with Gasteiger partial charge in [0.25, 0.3) is 0 Å². The van der Waals surface area contributed by atoms with E-state index in [0.717, 1.165) is 18.4 Å². The molecule has 0 atom stereocenters. The molecule has 0 aromatic rings. The van der Waals surface area contributed by atoms with Gasteiger partial charge in [-0.3, -0.25) is 4.99 Å². The summed E-state index contributed by atoms with van der Waals surface area (Å²) < 4.78 is 5.33. The van der Waals surface area contributed by atoms with Crippen LogP contribution in [0.1, 0.15) is 54.4 Å². The Kier molecular flexibility index (Phi) is 7.98. The maximum absolute atomic E-state index is 12.0. The average Bonchev–Trinajstić information content (AvgIpc) is 2.39. The summed E-state index contributed by atoms with van der Waals surface area (Å²) in [5, 5.41) is 5.92. The molecule has 6 heteroatoms. The van der Waals surface area contributed by atoms with Gasteiger partial charge in [-0.15, -0.1) is 0 Å². The predicted molar refractivity (Wildman–Crippen MR) is 92.0 cm³/mol. The highest BCUT2D eigenvalue weighted by atomic mass is 16.6. The fourth-order valence-corrected chi connectivity index (χ4v) is 1.74. The second-order valence-corrected chi connectivity index (χ2v) is 6.63. The van der Waals surface area contributed by atoms with E-state index in [9.17, 15) is 4.79 Å². The summed E-state index contributed by atoms with van der Waals surface area (Å²) in [6.45, 7) is 16.2. The van der Waals surface area contributed by atoms with Crippen molar-refractivity contribution in [1.29, 1.82) is 0 Å². The lowest BCUT2D eigenvalue weighted by molar-refractivity contribution is 0.0452. The Morgan fingerprint density at radius 3 is 2.23 bits per heavy atom. The molecule has 0 heterocycles. The highest BCUT2D eigenvalue weighted by molar-refractivity contribution is 5.78. The molecule has 0 aromatic heterocycles. The number of hydrogen-bond donors (Lipinski definition) is 3. The number of alkyl carbamates (subject to hydrolysis) is 1. The topological polar surface area (TPSA) is 88.7 Å². The van der Waals surface area contributed by atoms with Gasteiger partial charge in [0.1, 0.15) is 5.60 Å². The van der Waals surface area contributed by atoms with Crippen LogP contribution in [-0.2, 0) is 4.74 Å². The first kappa shape index (κ1) is 20.3. The van der Waals surface area contributed by atoms with Crippen molar-refractivity contribution in [2.45, 2.75) is 65.5 Å². The monoisotopic (exact) mass is 312 g/mol. The fraction of sp³-hybridized carbons (Fsp3) is 0.750. The number of nitrogens with zero attached hydrogens (tertiary/aromatic N) is 1. The van der Waals surface area contributed by atoms with E-state index in [2.05, 4.69) is 22.2 Å². The Labute approximate surface area is 134 Å². The minimum Gasteiger partial charge on any atom is -0.444 e. The number of hydrogen-bond acceptors (Lipinski definition) is 3. The standard InChI is InChI=1S/C16H32N4O2/c1-8-16(9-2,20-14(21)22-15(5,6)7)11-19-13(17)18-10-12(3)4/h3,8-11H2,1-2,4-7H3,(H,20,21)(H3,17,18,19). The van der Waals surface area contributed by atoms with Crippen LogP contribution in [0.3, 0.4) is 0 Å². The third-order valence-electron chi connectivity index (χ3n) is 3.24. The summed E-state index contributed by atoms with van der Waals surface area (Å²) in [4.78, 5) is 16.3. The lowest BCUT2D eigenvalue weighted by atomic mass is 9.93. The molecule has 0 fully saturated rings. The van der Waals surface area contributed by atoms with E-state index in [0.29, 0.717) is 19.0 Å². The van der Waals surface area contributed by atoms with Crippen molar-refractivity contribution in [2.75, 3.05) is 13.1 Å². The van der Waals surface area contributed by atoms with Crippen LogP contribution in [0.15, 0.2) is 17.1 Å². The van der Waals surface area contributed by atoms with Crippen molar-refractivity contribution >= 4 is 12.1 Å². The van der Waals surface area contributed by atoms with Gasteiger partial charge in [0.15, 0.2) is 5.96 Å². The number of amides is 1. The lowest BCUT2D eigenvalue weighted by Crippen LogP contribution is -2.52. The SMILES string of the molecule is C=C(C)CNC(N)=NCC(CC)(CC)NC(=O)OC(C)(C)C. The summed E-state index contributed by atoms with van der Waals surface area (Å²) in [5.41, 5.74) is 5.81. The Hall–Kier alpha value is -1.72. The van der Waals surface area contributed by atoms with E-state index in [1.54, 1.807) is 0 Å². The molecule has 1 amide bonds. The summed E-state index contributed by atoms with van der Waals surface area (Å²) in [7, 11) is 0. The van der Waals surface area contributed by atoms with Crippen LogP contribution >= 0.6 is 0 Å². The summed E-state index contributed by atoms with van der Waals surface area (Å²) in [5.74, 6) is 0.347. The summed E-state index contributed by atoms with van der Waals surface area (Å²) in [6, 6.07) is 0. The minimum atomic E-state index is -0.525. The van der Waals surface area contributed by atoms with Crippen molar-refractivity contribution in [2.24, 2.45) is 10.7 Å². The van der Waals surface area contributed by atoms with E-state index in [1.165, 1.54) is 0 Å². The van der Waals surface area contributed by atoms with Crippen LogP contribution in [-0.4, -0.2) is 36.3 Å². The molecule has 0 unspecified atom stereocenters. The van der Waals surface area contributed by atoms with E-state index in [-0.39, 0.29) is 0 Å². The molecule has 22 heavy (non-hydrogen) atoms. The third-order valence-corrected chi connectivity index (χ3v) is 3.24. The van der Waals surface area contributed by atoms with Crippen molar-refractivity contribution in [3.63, 3.8) is 0 Å². The van der Waals surface area contributed by atoms with Gasteiger partial charge in [0.2, 0.25) is 0 Å². The number of rotatable bonds is 7. The molecule has 4 N–H and O–H groups in total. The Morgan fingerprint density at radius 1 is 1.27 bits per heavy atom. The molecule has 0 saturated heterocycles. The number of carbonyl (C=O) groups is 1.